The quantitative estimate of drug-likeness (QED) is 0.896. The monoisotopic (exact) mass is 300 g/mol. The molecule has 2 rings (SSSR count). The van der Waals surface area contributed by atoms with Crippen LogP contribution >= 0.6 is 0 Å². The number of hydrogen-bond acceptors (Lipinski definition) is 5. The van der Waals surface area contributed by atoms with Gasteiger partial charge in [-0.05, 0) is 12.1 Å². The first-order chi connectivity index (χ1) is 9.40. The maximum absolute atomic E-state index is 13.0. The van der Waals surface area contributed by atoms with E-state index in [1.54, 1.807) is 7.05 Å². The van der Waals surface area contributed by atoms with Gasteiger partial charge in [-0.15, -0.1) is 0 Å². The van der Waals surface area contributed by atoms with Crippen LogP contribution in [0.15, 0.2) is 35.5 Å². The minimum absolute atomic E-state index is 0.221. The van der Waals surface area contributed by atoms with Crippen LogP contribution < -0.4 is 10.0 Å². The first-order valence-electron chi connectivity index (χ1n) is 5.39. The zero-order valence-electron chi connectivity index (χ0n) is 10.3. The van der Waals surface area contributed by atoms with Crippen LogP contribution in [0.25, 0.3) is 0 Å². The molecule has 0 aliphatic rings. The predicted molar refractivity (Wildman–Crippen MR) is 68.7 cm³/mol. The molecule has 0 bridgehead atoms. The third kappa shape index (κ3) is 3.18. The van der Waals surface area contributed by atoms with Crippen molar-refractivity contribution in [1.29, 1.82) is 0 Å². The fourth-order valence-electron chi connectivity index (χ4n) is 1.41. The van der Waals surface area contributed by atoms with Crippen LogP contribution in [0.4, 0.5) is 20.4 Å². The van der Waals surface area contributed by atoms with E-state index in [0.717, 1.165) is 24.5 Å². The standard InChI is InChI=1S/C11H10F2N4O2S/c1-14-11-15-5-10(6-16-11)20(18,19)17-9-3-7(12)2-8(13)4-9/h2-6,17H,1H3,(H,14,15,16). The average molecular weight is 300 g/mol. The minimum atomic E-state index is -4.01. The van der Waals surface area contributed by atoms with Crippen molar-refractivity contribution in [2.24, 2.45) is 0 Å². The summed E-state index contributed by atoms with van der Waals surface area (Å²) in [6, 6.07) is 2.37. The lowest BCUT2D eigenvalue weighted by Gasteiger charge is -2.08. The summed E-state index contributed by atoms with van der Waals surface area (Å²) in [6.45, 7) is 0. The Labute approximate surface area is 113 Å². The number of halogens is 2. The summed E-state index contributed by atoms with van der Waals surface area (Å²) in [5, 5.41) is 2.63. The van der Waals surface area contributed by atoms with Gasteiger partial charge in [0.25, 0.3) is 10.0 Å². The lowest BCUT2D eigenvalue weighted by Crippen LogP contribution is -2.14. The molecule has 0 saturated carbocycles. The maximum Gasteiger partial charge on any atom is 0.264 e. The second-order valence-electron chi connectivity index (χ2n) is 3.76. The Hall–Kier alpha value is -2.29. The summed E-state index contributed by atoms with van der Waals surface area (Å²) in [5.41, 5.74) is -0.222. The van der Waals surface area contributed by atoms with Crippen LogP contribution in [0.3, 0.4) is 0 Å². The molecule has 0 unspecified atom stereocenters. The van der Waals surface area contributed by atoms with Crippen molar-refractivity contribution in [2.45, 2.75) is 4.90 Å². The fourth-order valence-corrected chi connectivity index (χ4v) is 2.34. The second kappa shape index (κ2) is 5.37. The lowest BCUT2D eigenvalue weighted by atomic mass is 10.3. The van der Waals surface area contributed by atoms with Crippen molar-refractivity contribution >= 4 is 21.7 Å². The molecule has 0 aliphatic carbocycles. The zero-order valence-corrected chi connectivity index (χ0v) is 11.1. The molecule has 0 radical (unpaired) electrons. The minimum Gasteiger partial charge on any atom is -0.357 e. The topological polar surface area (TPSA) is 84.0 Å². The van der Waals surface area contributed by atoms with Gasteiger partial charge in [-0.3, -0.25) is 4.72 Å². The molecule has 1 aromatic heterocycles. The zero-order chi connectivity index (χ0) is 14.8. The summed E-state index contributed by atoms with van der Waals surface area (Å²) in [6.07, 6.45) is 2.16. The van der Waals surface area contributed by atoms with E-state index >= 15 is 0 Å². The van der Waals surface area contributed by atoms with Crippen LogP contribution in [0.2, 0.25) is 0 Å². The molecule has 2 aromatic rings. The third-order valence-corrected chi connectivity index (χ3v) is 3.61. The van der Waals surface area contributed by atoms with Gasteiger partial charge in [-0.1, -0.05) is 0 Å². The lowest BCUT2D eigenvalue weighted by molar-refractivity contribution is 0.584. The smallest absolute Gasteiger partial charge is 0.264 e. The van der Waals surface area contributed by atoms with E-state index in [9.17, 15) is 17.2 Å². The van der Waals surface area contributed by atoms with Crippen LogP contribution in [0, 0.1) is 11.6 Å². The highest BCUT2D eigenvalue weighted by Gasteiger charge is 2.16. The maximum atomic E-state index is 13.0. The number of aromatic nitrogens is 2. The first-order valence-corrected chi connectivity index (χ1v) is 6.88. The van der Waals surface area contributed by atoms with Gasteiger partial charge in [-0.25, -0.2) is 27.2 Å². The highest BCUT2D eigenvalue weighted by atomic mass is 32.2. The van der Waals surface area contributed by atoms with E-state index in [2.05, 4.69) is 15.3 Å². The van der Waals surface area contributed by atoms with Gasteiger partial charge in [0.1, 0.15) is 16.5 Å². The number of rotatable bonds is 4. The fraction of sp³-hybridized carbons (Fsp3) is 0.0909. The predicted octanol–water partition coefficient (Wildman–Crippen LogP) is 1.60. The summed E-state index contributed by atoms with van der Waals surface area (Å²) in [7, 11) is -2.43. The van der Waals surface area contributed by atoms with E-state index in [4.69, 9.17) is 0 Å². The molecular formula is C11H10F2N4O2S. The normalized spacial score (nSPS) is 11.2. The van der Waals surface area contributed by atoms with Gasteiger partial charge in [0.15, 0.2) is 0 Å². The Kier molecular flexibility index (Phi) is 3.79. The highest BCUT2D eigenvalue weighted by molar-refractivity contribution is 7.92. The van der Waals surface area contributed by atoms with E-state index < -0.39 is 21.7 Å². The molecular weight excluding hydrogens is 290 g/mol. The number of benzene rings is 1. The summed E-state index contributed by atoms with van der Waals surface area (Å²) in [4.78, 5) is 7.28. The molecule has 0 fully saturated rings. The summed E-state index contributed by atoms with van der Waals surface area (Å²) in [5.74, 6) is -1.52. The average Bonchev–Trinajstić information content (AvgIpc) is 2.37. The van der Waals surface area contributed by atoms with Crippen LogP contribution in [0.1, 0.15) is 0 Å². The number of nitrogens with one attached hydrogen (secondary N) is 2. The summed E-state index contributed by atoms with van der Waals surface area (Å²) < 4.78 is 52.0. The van der Waals surface area contributed by atoms with E-state index in [1.165, 1.54) is 0 Å². The number of hydrogen-bond donors (Lipinski definition) is 2. The van der Waals surface area contributed by atoms with Crippen molar-refractivity contribution in [1.82, 2.24) is 9.97 Å². The van der Waals surface area contributed by atoms with Gasteiger partial charge >= 0.3 is 0 Å². The molecule has 0 aliphatic heterocycles. The molecule has 9 heteroatoms. The van der Waals surface area contributed by atoms with E-state index in [1.807, 2.05) is 4.72 Å². The van der Waals surface area contributed by atoms with Gasteiger partial charge in [0, 0.05) is 13.1 Å². The van der Waals surface area contributed by atoms with Gasteiger partial charge in [0.2, 0.25) is 5.95 Å². The Balaban J connectivity index is 2.30. The van der Waals surface area contributed by atoms with Crippen LogP contribution in [0.5, 0.6) is 0 Å². The Morgan fingerprint density at radius 1 is 1.05 bits per heavy atom. The Bertz CT molecular complexity index is 699. The summed E-state index contributed by atoms with van der Waals surface area (Å²) >= 11 is 0. The van der Waals surface area contributed by atoms with Gasteiger partial charge < -0.3 is 5.32 Å². The van der Waals surface area contributed by atoms with Crippen molar-refractivity contribution in [2.75, 3.05) is 17.1 Å². The number of anilines is 2. The van der Waals surface area contributed by atoms with Crippen molar-refractivity contribution in [3.63, 3.8) is 0 Å². The van der Waals surface area contributed by atoms with Crippen LogP contribution in [-0.2, 0) is 10.0 Å². The van der Waals surface area contributed by atoms with Crippen LogP contribution in [-0.4, -0.2) is 25.4 Å². The molecule has 106 valence electrons. The third-order valence-electron chi connectivity index (χ3n) is 2.28. The number of sulfonamides is 1. The molecule has 1 aromatic carbocycles. The van der Waals surface area contributed by atoms with Gasteiger partial charge in [0.05, 0.1) is 18.1 Å². The SMILES string of the molecule is CNc1ncc(S(=O)(=O)Nc2cc(F)cc(F)c2)cn1. The van der Waals surface area contributed by atoms with Gasteiger partial charge in [-0.2, -0.15) is 0 Å². The van der Waals surface area contributed by atoms with E-state index in [0.29, 0.717) is 6.07 Å². The largest absolute Gasteiger partial charge is 0.357 e. The number of nitrogens with zero attached hydrogens (tertiary/aromatic N) is 2. The molecule has 6 nitrogen and oxygen atoms in total. The highest BCUT2D eigenvalue weighted by Crippen LogP contribution is 2.17. The molecule has 0 saturated heterocycles. The van der Waals surface area contributed by atoms with E-state index in [-0.39, 0.29) is 16.5 Å². The Morgan fingerprint density at radius 3 is 2.10 bits per heavy atom. The molecule has 20 heavy (non-hydrogen) atoms. The molecule has 2 N–H and O–H groups in total. The molecule has 0 amide bonds. The molecule has 0 atom stereocenters. The van der Waals surface area contributed by atoms with Crippen molar-refractivity contribution < 1.29 is 17.2 Å². The second-order valence-corrected chi connectivity index (χ2v) is 5.44. The Morgan fingerprint density at radius 2 is 1.60 bits per heavy atom. The first kappa shape index (κ1) is 14.1. The van der Waals surface area contributed by atoms with Crippen molar-refractivity contribution in [3.8, 4) is 0 Å². The molecule has 1 heterocycles. The molecule has 0 spiro atoms. The van der Waals surface area contributed by atoms with Crippen molar-refractivity contribution in [3.05, 3.63) is 42.2 Å².